The molecule has 3 aromatic rings. The normalized spacial score (nSPS) is 11.6. The lowest BCUT2D eigenvalue weighted by Crippen LogP contribution is -2.14. The summed E-state index contributed by atoms with van der Waals surface area (Å²) in [6.07, 6.45) is -4.64. The smallest absolute Gasteiger partial charge is 0.420 e. The molecule has 0 saturated carbocycles. The fourth-order valence-corrected chi connectivity index (χ4v) is 3.29. The van der Waals surface area contributed by atoms with Gasteiger partial charge in [-0.3, -0.25) is 0 Å². The lowest BCUT2D eigenvalue weighted by molar-refractivity contribution is -0.140. The van der Waals surface area contributed by atoms with Crippen molar-refractivity contribution in [3.63, 3.8) is 0 Å². The predicted molar refractivity (Wildman–Crippen MR) is 102 cm³/mol. The van der Waals surface area contributed by atoms with Crippen LogP contribution >= 0.6 is 11.6 Å². The Morgan fingerprint density at radius 1 is 0.821 bits per heavy atom. The summed E-state index contributed by atoms with van der Waals surface area (Å²) in [4.78, 5) is 0. The average molecular weight is 411 g/mol. The minimum Gasteiger partial charge on any atom is -0.496 e. The first-order valence-corrected chi connectivity index (χ1v) is 8.79. The summed E-state index contributed by atoms with van der Waals surface area (Å²) < 4.78 is 57.9. The van der Waals surface area contributed by atoms with E-state index in [-0.39, 0.29) is 30.3 Å². The van der Waals surface area contributed by atoms with Crippen molar-refractivity contribution in [1.82, 2.24) is 0 Å². The Morgan fingerprint density at radius 2 is 1.39 bits per heavy atom. The predicted octanol–water partition coefficient (Wildman–Crippen LogP) is 6.25. The second-order valence-electron chi connectivity index (χ2n) is 6.08. The quantitative estimate of drug-likeness (QED) is 0.481. The van der Waals surface area contributed by atoms with Gasteiger partial charge in [0.15, 0.2) is 0 Å². The van der Waals surface area contributed by atoms with Gasteiger partial charge >= 0.3 is 6.18 Å². The van der Waals surface area contributed by atoms with E-state index < -0.39 is 11.7 Å². The van der Waals surface area contributed by atoms with Crippen LogP contribution in [0.15, 0.2) is 48.5 Å². The van der Waals surface area contributed by atoms with E-state index in [1.807, 2.05) is 0 Å². The van der Waals surface area contributed by atoms with Gasteiger partial charge in [-0.25, -0.2) is 0 Å². The van der Waals surface area contributed by atoms with Crippen LogP contribution in [0.5, 0.6) is 11.5 Å². The van der Waals surface area contributed by atoms with Crippen LogP contribution in [0.2, 0.25) is 5.02 Å². The molecule has 28 heavy (non-hydrogen) atoms. The number of halogens is 4. The van der Waals surface area contributed by atoms with Gasteiger partial charge in [0, 0.05) is 21.4 Å². The Balaban J connectivity index is 2.06. The lowest BCUT2D eigenvalue weighted by atomic mass is 9.97. The first-order chi connectivity index (χ1) is 13.4. The summed E-state index contributed by atoms with van der Waals surface area (Å²) in [5.41, 5.74) is -0.189. The summed E-state index contributed by atoms with van der Waals surface area (Å²) in [6, 6.07) is 13.6. The van der Waals surface area contributed by atoms with Crippen LogP contribution in [0.4, 0.5) is 13.2 Å². The average Bonchev–Trinajstić information content (AvgIpc) is 2.67. The molecule has 0 saturated heterocycles. The molecule has 0 aliphatic carbocycles. The van der Waals surface area contributed by atoms with Gasteiger partial charge in [-0.2, -0.15) is 13.2 Å². The SMILES string of the molecule is COc1c(COCc2ccc(Cl)cc2)c(C(F)(F)F)c(OC)c2ccccc12. The maximum atomic E-state index is 13.9. The van der Waals surface area contributed by atoms with Crippen molar-refractivity contribution in [2.45, 2.75) is 19.4 Å². The fraction of sp³-hybridized carbons (Fsp3) is 0.238. The molecule has 0 aromatic heterocycles. The van der Waals surface area contributed by atoms with Gasteiger partial charge in [-0.15, -0.1) is 0 Å². The highest BCUT2D eigenvalue weighted by Gasteiger charge is 2.40. The highest BCUT2D eigenvalue weighted by atomic mass is 35.5. The number of alkyl halides is 3. The molecule has 0 N–H and O–H groups in total. The third kappa shape index (κ3) is 4.03. The van der Waals surface area contributed by atoms with E-state index in [1.165, 1.54) is 14.2 Å². The largest absolute Gasteiger partial charge is 0.496 e. The summed E-state index contributed by atoms with van der Waals surface area (Å²) in [5.74, 6) is -0.117. The maximum Gasteiger partial charge on any atom is 0.420 e. The van der Waals surface area contributed by atoms with Gasteiger partial charge in [-0.1, -0.05) is 48.0 Å². The van der Waals surface area contributed by atoms with E-state index in [0.29, 0.717) is 15.8 Å². The van der Waals surface area contributed by atoms with E-state index in [4.69, 9.17) is 25.8 Å². The number of rotatable bonds is 6. The molecule has 0 amide bonds. The first-order valence-electron chi connectivity index (χ1n) is 8.41. The molecule has 3 aromatic carbocycles. The van der Waals surface area contributed by atoms with Gasteiger partial charge in [0.1, 0.15) is 17.1 Å². The molecule has 0 aliphatic heterocycles. The molecule has 0 unspecified atom stereocenters. The van der Waals surface area contributed by atoms with E-state index >= 15 is 0 Å². The zero-order valence-corrected chi connectivity index (χ0v) is 16.0. The first kappa shape index (κ1) is 20.3. The number of benzene rings is 3. The van der Waals surface area contributed by atoms with Crippen LogP contribution in [0, 0.1) is 0 Å². The van der Waals surface area contributed by atoms with Crippen molar-refractivity contribution in [2.75, 3.05) is 14.2 Å². The van der Waals surface area contributed by atoms with Gasteiger partial charge in [-0.05, 0) is 17.7 Å². The molecule has 3 nitrogen and oxygen atoms in total. The molecular weight excluding hydrogens is 393 g/mol. The number of hydrogen-bond acceptors (Lipinski definition) is 3. The molecule has 0 atom stereocenters. The van der Waals surface area contributed by atoms with Gasteiger partial charge in [0.25, 0.3) is 0 Å². The zero-order chi connectivity index (χ0) is 20.3. The topological polar surface area (TPSA) is 27.7 Å². The maximum absolute atomic E-state index is 13.9. The lowest BCUT2D eigenvalue weighted by Gasteiger charge is -2.22. The number of fused-ring (bicyclic) bond motifs is 1. The van der Waals surface area contributed by atoms with Crippen molar-refractivity contribution in [2.24, 2.45) is 0 Å². The number of hydrogen-bond donors (Lipinski definition) is 0. The summed E-state index contributed by atoms with van der Waals surface area (Å²) in [6.45, 7) is -0.158. The highest BCUT2D eigenvalue weighted by Crippen LogP contribution is 2.48. The molecule has 0 bridgehead atoms. The van der Waals surface area contributed by atoms with E-state index in [2.05, 4.69) is 0 Å². The molecule has 3 rings (SSSR count). The van der Waals surface area contributed by atoms with E-state index in [1.54, 1.807) is 48.5 Å². The van der Waals surface area contributed by atoms with Crippen molar-refractivity contribution in [1.29, 1.82) is 0 Å². The highest BCUT2D eigenvalue weighted by molar-refractivity contribution is 6.30. The second-order valence-corrected chi connectivity index (χ2v) is 6.52. The Kier molecular flexibility index (Phi) is 6.01. The van der Waals surface area contributed by atoms with Gasteiger partial charge < -0.3 is 14.2 Å². The Labute approximate surface area is 165 Å². The van der Waals surface area contributed by atoms with E-state index in [9.17, 15) is 13.2 Å². The van der Waals surface area contributed by atoms with Crippen molar-refractivity contribution in [3.8, 4) is 11.5 Å². The van der Waals surface area contributed by atoms with Gasteiger partial charge in [0.05, 0.1) is 27.4 Å². The molecular formula is C21H18ClF3O3. The monoisotopic (exact) mass is 410 g/mol. The van der Waals surface area contributed by atoms with E-state index in [0.717, 1.165) is 5.56 Å². The number of methoxy groups -OCH3 is 2. The minimum atomic E-state index is -4.64. The van der Waals surface area contributed by atoms with Crippen LogP contribution in [0.3, 0.4) is 0 Å². The Bertz CT molecular complexity index is 969. The Hall–Kier alpha value is -2.44. The molecule has 0 heterocycles. The third-order valence-corrected chi connectivity index (χ3v) is 4.59. The van der Waals surface area contributed by atoms with Crippen LogP contribution in [0.25, 0.3) is 10.8 Å². The van der Waals surface area contributed by atoms with Crippen LogP contribution in [0.1, 0.15) is 16.7 Å². The van der Waals surface area contributed by atoms with Gasteiger partial charge in [0.2, 0.25) is 0 Å². The molecule has 0 aliphatic rings. The summed E-state index contributed by atoms with van der Waals surface area (Å²) in [5, 5.41) is 1.43. The summed E-state index contributed by atoms with van der Waals surface area (Å²) >= 11 is 5.84. The van der Waals surface area contributed by atoms with Crippen molar-refractivity contribution < 1.29 is 27.4 Å². The molecule has 0 radical (unpaired) electrons. The number of ether oxygens (including phenoxy) is 3. The fourth-order valence-electron chi connectivity index (χ4n) is 3.16. The molecule has 0 spiro atoms. The van der Waals surface area contributed by atoms with Crippen LogP contribution < -0.4 is 9.47 Å². The molecule has 7 heteroatoms. The van der Waals surface area contributed by atoms with Crippen LogP contribution in [-0.4, -0.2) is 14.2 Å². The standard InChI is InChI=1S/C21H18ClF3O3/c1-26-19-15-5-3-4-6-16(15)20(27-2)18(21(23,24)25)17(19)12-28-11-13-7-9-14(22)10-8-13/h3-10H,11-12H2,1-2H3. The third-order valence-electron chi connectivity index (χ3n) is 4.34. The van der Waals surface area contributed by atoms with Crippen molar-refractivity contribution >= 4 is 22.4 Å². The Morgan fingerprint density at radius 3 is 1.93 bits per heavy atom. The minimum absolute atomic E-state index is 0.0977. The summed E-state index contributed by atoms with van der Waals surface area (Å²) in [7, 11) is 2.57. The van der Waals surface area contributed by atoms with Crippen molar-refractivity contribution in [3.05, 3.63) is 70.2 Å². The second kappa shape index (κ2) is 8.29. The molecule has 0 fully saturated rings. The molecule has 148 valence electrons. The van der Waals surface area contributed by atoms with Crippen LogP contribution in [-0.2, 0) is 24.1 Å². The zero-order valence-electron chi connectivity index (χ0n) is 15.3.